The number of pyridine rings is 1. The first-order valence-electron chi connectivity index (χ1n) is 6.50. The van der Waals surface area contributed by atoms with Crippen LogP contribution in [0.2, 0.25) is 0 Å². The highest BCUT2D eigenvalue weighted by Crippen LogP contribution is 2.29. The molecule has 1 aromatic rings. The Morgan fingerprint density at radius 2 is 2.29 bits per heavy atom. The molecule has 1 fully saturated rings. The first-order chi connectivity index (χ1) is 8.15. The summed E-state index contributed by atoms with van der Waals surface area (Å²) in [6, 6.07) is 1.82. The Balaban J connectivity index is 1.86. The summed E-state index contributed by atoms with van der Waals surface area (Å²) in [5.74, 6) is 2.18. The van der Waals surface area contributed by atoms with Crippen molar-refractivity contribution in [2.75, 3.05) is 12.3 Å². The molecule has 0 aromatic carbocycles. The second kappa shape index (κ2) is 5.39. The molecule has 2 rings (SSSR count). The Hall–Kier alpha value is -1.25. The number of anilines is 1. The molecule has 3 heteroatoms. The standard InChI is InChI=1S/C14H22N2O/c1-10-4-3-5-12(6-10)9-17-14-7-13(15)11(2)8-16-14/h7-8,10,12H,3-6,9H2,1-2H3,(H2,15,16). The monoisotopic (exact) mass is 234 g/mol. The van der Waals surface area contributed by atoms with Crippen LogP contribution in [0, 0.1) is 18.8 Å². The van der Waals surface area contributed by atoms with E-state index in [-0.39, 0.29) is 0 Å². The van der Waals surface area contributed by atoms with Gasteiger partial charge in [-0.15, -0.1) is 0 Å². The number of aromatic nitrogens is 1. The van der Waals surface area contributed by atoms with Crippen molar-refractivity contribution in [1.29, 1.82) is 0 Å². The molecular formula is C14H22N2O. The fourth-order valence-electron chi connectivity index (χ4n) is 2.51. The minimum Gasteiger partial charge on any atom is -0.477 e. The van der Waals surface area contributed by atoms with Gasteiger partial charge >= 0.3 is 0 Å². The smallest absolute Gasteiger partial charge is 0.215 e. The molecule has 0 bridgehead atoms. The lowest BCUT2D eigenvalue weighted by Gasteiger charge is -2.26. The average Bonchev–Trinajstić information content (AvgIpc) is 2.31. The third kappa shape index (κ3) is 3.35. The maximum absolute atomic E-state index is 5.83. The minimum atomic E-state index is 0.659. The lowest BCUT2D eigenvalue weighted by atomic mass is 9.83. The molecule has 17 heavy (non-hydrogen) atoms. The Labute approximate surface area is 103 Å². The van der Waals surface area contributed by atoms with Gasteiger partial charge in [0.05, 0.1) is 6.61 Å². The van der Waals surface area contributed by atoms with Crippen LogP contribution in [0.3, 0.4) is 0 Å². The normalized spacial score (nSPS) is 24.6. The zero-order valence-corrected chi connectivity index (χ0v) is 10.8. The highest BCUT2D eigenvalue weighted by atomic mass is 16.5. The van der Waals surface area contributed by atoms with Crippen molar-refractivity contribution < 1.29 is 4.74 Å². The van der Waals surface area contributed by atoms with Gasteiger partial charge in [-0.05, 0) is 37.2 Å². The van der Waals surface area contributed by atoms with Crippen molar-refractivity contribution in [2.45, 2.75) is 39.5 Å². The predicted molar refractivity (Wildman–Crippen MR) is 70.0 cm³/mol. The quantitative estimate of drug-likeness (QED) is 0.873. The van der Waals surface area contributed by atoms with Crippen LogP contribution in [-0.2, 0) is 0 Å². The minimum absolute atomic E-state index is 0.659. The van der Waals surface area contributed by atoms with E-state index >= 15 is 0 Å². The summed E-state index contributed by atoms with van der Waals surface area (Å²) in [7, 11) is 0. The molecule has 94 valence electrons. The van der Waals surface area contributed by atoms with E-state index in [1.165, 1.54) is 25.7 Å². The summed E-state index contributed by atoms with van der Waals surface area (Å²) < 4.78 is 5.74. The molecule has 1 saturated carbocycles. The summed E-state index contributed by atoms with van der Waals surface area (Å²) in [4.78, 5) is 4.24. The molecule has 0 spiro atoms. The molecule has 1 aliphatic carbocycles. The van der Waals surface area contributed by atoms with Gasteiger partial charge in [-0.3, -0.25) is 0 Å². The van der Waals surface area contributed by atoms with E-state index in [0.29, 0.717) is 11.8 Å². The number of nitrogen functional groups attached to an aromatic ring is 1. The fourth-order valence-corrected chi connectivity index (χ4v) is 2.51. The lowest BCUT2D eigenvalue weighted by molar-refractivity contribution is 0.178. The molecule has 1 aliphatic rings. The fraction of sp³-hybridized carbons (Fsp3) is 0.643. The highest BCUT2D eigenvalue weighted by molar-refractivity contribution is 5.47. The SMILES string of the molecule is Cc1cnc(OCC2CCCC(C)C2)cc1N. The summed E-state index contributed by atoms with van der Waals surface area (Å²) in [6.45, 7) is 5.06. The third-order valence-corrected chi connectivity index (χ3v) is 3.63. The Bertz CT molecular complexity index is 378. The van der Waals surface area contributed by atoms with Crippen LogP contribution in [-0.4, -0.2) is 11.6 Å². The molecule has 0 aliphatic heterocycles. The van der Waals surface area contributed by atoms with Crippen molar-refractivity contribution in [3.8, 4) is 5.88 Å². The summed E-state index contributed by atoms with van der Waals surface area (Å²) in [6.07, 6.45) is 7.03. The molecule has 2 N–H and O–H groups in total. The van der Waals surface area contributed by atoms with Gasteiger partial charge in [-0.1, -0.05) is 19.8 Å². The van der Waals surface area contributed by atoms with Crippen molar-refractivity contribution >= 4 is 5.69 Å². The van der Waals surface area contributed by atoms with Crippen LogP contribution < -0.4 is 10.5 Å². The summed E-state index contributed by atoms with van der Waals surface area (Å²) in [5, 5.41) is 0. The van der Waals surface area contributed by atoms with Gasteiger partial charge < -0.3 is 10.5 Å². The topological polar surface area (TPSA) is 48.1 Å². The van der Waals surface area contributed by atoms with Crippen molar-refractivity contribution in [3.05, 3.63) is 17.8 Å². The molecule has 1 aromatic heterocycles. The van der Waals surface area contributed by atoms with Gasteiger partial charge in [0.25, 0.3) is 0 Å². The van der Waals surface area contributed by atoms with Gasteiger partial charge in [0, 0.05) is 18.0 Å². The van der Waals surface area contributed by atoms with Crippen molar-refractivity contribution in [3.63, 3.8) is 0 Å². The molecule has 2 atom stereocenters. The summed E-state index contributed by atoms with van der Waals surface area (Å²) >= 11 is 0. The third-order valence-electron chi connectivity index (χ3n) is 3.63. The summed E-state index contributed by atoms with van der Waals surface area (Å²) in [5.41, 5.74) is 7.59. The molecule has 0 amide bonds. The van der Waals surface area contributed by atoms with E-state index in [4.69, 9.17) is 10.5 Å². The van der Waals surface area contributed by atoms with Crippen LogP contribution >= 0.6 is 0 Å². The van der Waals surface area contributed by atoms with E-state index in [9.17, 15) is 0 Å². The zero-order valence-electron chi connectivity index (χ0n) is 10.8. The number of aryl methyl sites for hydroxylation is 1. The van der Waals surface area contributed by atoms with Crippen LogP contribution in [0.5, 0.6) is 5.88 Å². The van der Waals surface area contributed by atoms with Gasteiger partial charge in [-0.2, -0.15) is 0 Å². The van der Waals surface area contributed by atoms with E-state index in [1.807, 2.05) is 13.0 Å². The Morgan fingerprint density at radius 3 is 3.00 bits per heavy atom. The number of nitrogens with zero attached hydrogens (tertiary/aromatic N) is 1. The highest BCUT2D eigenvalue weighted by Gasteiger charge is 2.19. The van der Waals surface area contributed by atoms with Crippen molar-refractivity contribution in [1.82, 2.24) is 4.98 Å². The number of nitrogens with two attached hydrogens (primary N) is 1. The van der Waals surface area contributed by atoms with Gasteiger partial charge in [0.15, 0.2) is 0 Å². The zero-order chi connectivity index (χ0) is 12.3. The molecule has 3 nitrogen and oxygen atoms in total. The second-order valence-electron chi connectivity index (χ2n) is 5.33. The number of rotatable bonds is 3. The van der Waals surface area contributed by atoms with Crippen LogP contribution in [0.25, 0.3) is 0 Å². The molecule has 1 heterocycles. The lowest BCUT2D eigenvalue weighted by Crippen LogP contribution is -2.20. The molecule has 0 saturated heterocycles. The van der Waals surface area contributed by atoms with E-state index < -0.39 is 0 Å². The van der Waals surface area contributed by atoms with Crippen LogP contribution in [0.1, 0.15) is 38.2 Å². The van der Waals surface area contributed by atoms with Gasteiger partial charge in [0.2, 0.25) is 5.88 Å². The number of ether oxygens (including phenoxy) is 1. The van der Waals surface area contributed by atoms with E-state index in [2.05, 4.69) is 11.9 Å². The first kappa shape index (κ1) is 12.2. The van der Waals surface area contributed by atoms with Gasteiger partial charge in [-0.25, -0.2) is 4.98 Å². The van der Waals surface area contributed by atoms with Crippen LogP contribution in [0.15, 0.2) is 12.3 Å². The maximum Gasteiger partial charge on any atom is 0.215 e. The van der Waals surface area contributed by atoms with Gasteiger partial charge in [0.1, 0.15) is 0 Å². The Morgan fingerprint density at radius 1 is 1.47 bits per heavy atom. The van der Waals surface area contributed by atoms with E-state index in [0.717, 1.165) is 23.8 Å². The van der Waals surface area contributed by atoms with Crippen molar-refractivity contribution in [2.24, 2.45) is 11.8 Å². The molecular weight excluding hydrogens is 212 g/mol. The van der Waals surface area contributed by atoms with Crippen LogP contribution in [0.4, 0.5) is 5.69 Å². The number of hydrogen-bond donors (Lipinski definition) is 1. The first-order valence-corrected chi connectivity index (χ1v) is 6.50. The molecule has 2 unspecified atom stereocenters. The maximum atomic E-state index is 5.83. The Kier molecular flexibility index (Phi) is 3.87. The average molecular weight is 234 g/mol. The molecule has 0 radical (unpaired) electrons. The predicted octanol–water partition coefficient (Wildman–Crippen LogP) is 3.18. The second-order valence-corrected chi connectivity index (χ2v) is 5.33. The number of hydrogen-bond acceptors (Lipinski definition) is 3. The van der Waals surface area contributed by atoms with E-state index in [1.54, 1.807) is 6.20 Å². The largest absolute Gasteiger partial charge is 0.477 e.